The Morgan fingerprint density at radius 2 is 2.43 bits per heavy atom. The number of hydrogen-bond donors (Lipinski definition) is 1. The van der Waals surface area contributed by atoms with Crippen molar-refractivity contribution < 1.29 is 4.79 Å². The Labute approximate surface area is 129 Å². The van der Waals surface area contributed by atoms with Gasteiger partial charge in [-0.3, -0.25) is 9.48 Å². The minimum Gasteiger partial charge on any atom is -0.351 e. The van der Waals surface area contributed by atoms with Gasteiger partial charge in [-0.2, -0.15) is 5.10 Å². The summed E-state index contributed by atoms with van der Waals surface area (Å²) in [6.45, 7) is 2.94. The first kappa shape index (κ1) is 14.3. The number of aryl methyl sites for hydroxylation is 2. The highest BCUT2D eigenvalue weighted by atomic mass is 32.1. The zero-order chi connectivity index (χ0) is 14.8. The molecule has 0 saturated heterocycles. The number of nitrogens with zero attached hydrogens (tertiary/aromatic N) is 2. The highest BCUT2D eigenvalue weighted by Gasteiger charge is 2.20. The highest BCUT2D eigenvalue weighted by molar-refractivity contribution is 7.14. The molecule has 1 aliphatic rings. The first-order chi connectivity index (χ1) is 10.1. The Bertz CT molecular complexity index is 644. The number of aromatic nitrogens is 2. The maximum absolute atomic E-state index is 12.2. The summed E-state index contributed by atoms with van der Waals surface area (Å²) in [6.07, 6.45) is 8.14. The van der Waals surface area contributed by atoms with E-state index in [9.17, 15) is 4.79 Å². The van der Waals surface area contributed by atoms with E-state index in [-0.39, 0.29) is 5.91 Å². The fraction of sp³-hybridized carbons (Fsp3) is 0.500. The van der Waals surface area contributed by atoms with Crippen molar-refractivity contribution in [3.8, 4) is 0 Å². The third-order valence-electron chi connectivity index (χ3n) is 4.01. The van der Waals surface area contributed by atoms with Crippen LogP contribution in [0.4, 0.5) is 0 Å². The predicted octanol–water partition coefficient (Wildman–Crippen LogP) is 2.58. The van der Waals surface area contributed by atoms with Crippen LogP contribution in [0.1, 0.15) is 39.0 Å². The summed E-state index contributed by atoms with van der Waals surface area (Å²) in [7, 11) is 1.90. The van der Waals surface area contributed by atoms with E-state index in [2.05, 4.69) is 23.4 Å². The number of rotatable bonds is 4. The Morgan fingerprint density at radius 3 is 3.19 bits per heavy atom. The molecular formula is C16H21N3OS. The van der Waals surface area contributed by atoms with Crippen LogP contribution in [0, 0.1) is 5.92 Å². The lowest BCUT2D eigenvalue weighted by Crippen LogP contribution is -2.24. The van der Waals surface area contributed by atoms with Crippen molar-refractivity contribution in [3.63, 3.8) is 0 Å². The predicted molar refractivity (Wildman–Crippen MR) is 84.8 cm³/mol. The molecule has 0 fully saturated rings. The van der Waals surface area contributed by atoms with Gasteiger partial charge >= 0.3 is 0 Å². The average molecular weight is 303 g/mol. The van der Waals surface area contributed by atoms with E-state index >= 15 is 0 Å². The fourth-order valence-electron chi connectivity index (χ4n) is 2.83. The van der Waals surface area contributed by atoms with Crippen LogP contribution in [-0.4, -0.2) is 22.2 Å². The van der Waals surface area contributed by atoms with E-state index in [1.165, 1.54) is 16.9 Å². The molecule has 2 aromatic rings. The normalized spacial score (nSPS) is 17.5. The van der Waals surface area contributed by atoms with E-state index in [4.69, 9.17) is 0 Å². The largest absolute Gasteiger partial charge is 0.351 e. The lowest BCUT2D eigenvalue weighted by molar-refractivity contribution is 0.0958. The molecule has 5 heteroatoms. The van der Waals surface area contributed by atoms with Crippen LogP contribution in [0.3, 0.4) is 0 Å². The zero-order valence-electron chi connectivity index (χ0n) is 12.6. The second-order valence-electron chi connectivity index (χ2n) is 5.94. The second-order valence-corrected chi connectivity index (χ2v) is 7.07. The van der Waals surface area contributed by atoms with Gasteiger partial charge in [-0.1, -0.05) is 6.92 Å². The molecule has 0 aromatic carbocycles. The number of fused-ring (bicyclic) bond motifs is 1. The van der Waals surface area contributed by atoms with Gasteiger partial charge in [0.25, 0.3) is 5.91 Å². The minimum atomic E-state index is 0.0611. The summed E-state index contributed by atoms with van der Waals surface area (Å²) in [5.74, 6) is 0.805. The Hall–Kier alpha value is -1.62. The van der Waals surface area contributed by atoms with Gasteiger partial charge in [-0.25, -0.2) is 0 Å². The van der Waals surface area contributed by atoms with Crippen LogP contribution in [-0.2, 0) is 26.3 Å². The molecule has 0 radical (unpaired) electrons. The average Bonchev–Trinajstić information content (AvgIpc) is 3.04. The highest BCUT2D eigenvalue weighted by Crippen LogP contribution is 2.32. The van der Waals surface area contributed by atoms with Crippen LogP contribution in [0.2, 0.25) is 0 Å². The molecule has 1 aliphatic carbocycles. The molecule has 0 spiro atoms. The van der Waals surface area contributed by atoms with E-state index in [1.807, 2.05) is 19.4 Å². The molecule has 2 aromatic heterocycles. The van der Waals surface area contributed by atoms with Gasteiger partial charge in [0.15, 0.2) is 0 Å². The van der Waals surface area contributed by atoms with E-state index in [1.54, 1.807) is 16.0 Å². The lowest BCUT2D eigenvalue weighted by Gasteiger charge is -2.16. The molecule has 21 heavy (non-hydrogen) atoms. The Kier molecular flexibility index (Phi) is 4.10. The molecule has 1 amide bonds. The van der Waals surface area contributed by atoms with Gasteiger partial charge in [-0.15, -0.1) is 11.3 Å². The van der Waals surface area contributed by atoms with Crippen molar-refractivity contribution in [2.75, 3.05) is 6.54 Å². The van der Waals surface area contributed by atoms with Crippen molar-refractivity contribution in [1.29, 1.82) is 0 Å². The molecule has 3 rings (SSSR count). The summed E-state index contributed by atoms with van der Waals surface area (Å²) >= 11 is 1.67. The summed E-state index contributed by atoms with van der Waals surface area (Å²) in [5, 5.41) is 7.14. The molecule has 0 aliphatic heterocycles. The number of carbonyl (C=O) groups is 1. The molecular weight excluding hydrogens is 282 g/mol. The van der Waals surface area contributed by atoms with Crippen LogP contribution in [0.25, 0.3) is 0 Å². The topological polar surface area (TPSA) is 46.9 Å². The summed E-state index contributed by atoms with van der Waals surface area (Å²) in [5.41, 5.74) is 2.54. The third kappa shape index (κ3) is 3.35. The van der Waals surface area contributed by atoms with Gasteiger partial charge in [0.1, 0.15) is 0 Å². The molecule has 0 saturated carbocycles. The van der Waals surface area contributed by atoms with Gasteiger partial charge in [0.2, 0.25) is 0 Å². The molecule has 4 nitrogen and oxygen atoms in total. The zero-order valence-corrected chi connectivity index (χ0v) is 13.4. The Morgan fingerprint density at radius 1 is 1.57 bits per heavy atom. The number of nitrogens with one attached hydrogen (secondary N) is 1. The standard InChI is InChI=1S/C16H21N3OS/c1-11-3-4-14-13(7-11)8-15(21-14)16(20)17-6-5-12-9-18-19(2)10-12/h8-11H,3-7H2,1-2H3,(H,17,20). The van der Waals surface area contributed by atoms with Crippen LogP contribution in [0.15, 0.2) is 18.5 Å². The van der Waals surface area contributed by atoms with Crippen molar-refractivity contribution in [1.82, 2.24) is 15.1 Å². The summed E-state index contributed by atoms with van der Waals surface area (Å²) < 4.78 is 1.78. The number of carbonyl (C=O) groups excluding carboxylic acids is 1. The van der Waals surface area contributed by atoms with Crippen molar-refractivity contribution in [2.45, 2.75) is 32.6 Å². The lowest BCUT2D eigenvalue weighted by atomic mass is 9.90. The fourth-order valence-corrected chi connectivity index (χ4v) is 3.95. The molecule has 0 bridgehead atoms. The summed E-state index contributed by atoms with van der Waals surface area (Å²) in [4.78, 5) is 14.5. The van der Waals surface area contributed by atoms with Crippen LogP contribution < -0.4 is 5.32 Å². The quantitative estimate of drug-likeness (QED) is 0.943. The van der Waals surface area contributed by atoms with Crippen LogP contribution in [0.5, 0.6) is 0 Å². The minimum absolute atomic E-state index is 0.0611. The number of hydrogen-bond acceptors (Lipinski definition) is 3. The van der Waals surface area contributed by atoms with Crippen molar-refractivity contribution in [3.05, 3.63) is 39.3 Å². The second kappa shape index (κ2) is 6.02. The van der Waals surface area contributed by atoms with Gasteiger partial charge in [0, 0.05) is 24.7 Å². The molecule has 2 heterocycles. The van der Waals surface area contributed by atoms with E-state index < -0.39 is 0 Å². The van der Waals surface area contributed by atoms with Gasteiger partial charge in [0.05, 0.1) is 11.1 Å². The first-order valence-electron chi connectivity index (χ1n) is 7.49. The monoisotopic (exact) mass is 303 g/mol. The van der Waals surface area contributed by atoms with E-state index in [0.717, 1.165) is 35.6 Å². The van der Waals surface area contributed by atoms with Crippen molar-refractivity contribution in [2.24, 2.45) is 13.0 Å². The van der Waals surface area contributed by atoms with Crippen LogP contribution >= 0.6 is 11.3 Å². The van der Waals surface area contributed by atoms with Gasteiger partial charge < -0.3 is 5.32 Å². The molecule has 1 unspecified atom stereocenters. The first-order valence-corrected chi connectivity index (χ1v) is 8.31. The summed E-state index contributed by atoms with van der Waals surface area (Å²) in [6, 6.07) is 2.09. The molecule has 1 atom stereocenters. The van der Waals surface area contributed by atoms with E-state index in [0.29, 0.717) is 6.54 Å². The Balaban J connectivity index is 1.56. The maximum Gasteiger partial charge on any atom is 0.261 e. The molecule has 112 valence electrons. The SMILES string of the molecule is CC1CCc2sc(C(=O)NCCc3cnn(C)c3)cc2C1. The number of amides is 1. The molecule has 1 N–H and O–H groups in total. The third-order valence-corrected chi connectivity index (χ3v) is 5.25. The smallest absolute Gasteiger partial charge is 0.261 e. The number of thiophene rings is 1. The van der Waals surface area contributed by atoms with Gasteiger partial charge in [-0.05, 0) is 48.8 Å². The maximum atomic E-state index is 12.2. The van der Waals surface area contributed by atoms with Crippen molar-refractivity contribution >= 4 is 17.2 Å².